The largest absolute Gasteiger partial charge is 0.389 e. The third kappa shape index (κ3) is 14.8. The Hall–Kier alpha value is 0.0600. The maximum absolute atomic E-state index is 11.9. The van der Waals surface area contributed by atoms with E-state index in [2.05, 4.69) is 13.8 Å². The summed E-state index contributed by atoms with van der Waals surface area (Å²) >= 11 is 0. The molecule has 0 bridgehead atoms. The molecular formula is C18H38O2P+. The van der Waals surface area contributed by atoms with Gasteiger partial charge in [-0.3, -0.25) is 0 Å². The monoisotopic (exact) mass is 317 g/mol. The second-order valence-corrected chi connectivity index (χ2v) is 8.70. The minimum absolute atomic E-state index is 0.271. The van der Waals surface area contributed by atoms with E-state index in [1.54, 1.807) is 6.92 Å². The molecule has 0 aliphatic heterocycles. The molecule has 0 heterocycles. The van der Waals surface area contributed by atoms with Crippen molar-refractivity contribution in [3.8, 4) is 0 Å². The lowest BCUT2D eigenvalue weighted by Gasteiger charge is -2.04. The van der Waals surface area contributed by atoms with E-state index >= 15 is 0 Å². The van der Waals surface area contributed by atoms with Crippen LogP contribution < -0.4 is 0 Å². The van der Waals surface area contributed by atoms with E-state index in [9.17, 15) is 9.67 Å². The Bertz CT molecular complexity index is 241. The lowest BCUT2D eigenvalue weighted by Crippen LogP contribution is -2.07. The van der Waals surface area contributed by atoms with Gasteiger partial charge in [0.15, 0.2) is 11.8 Å². The number of hydrogen-bond donors (Lipinski definition) is 1. The van der Waals surface area contributed by atoms with Gasteiger partial charge in [0, 0.05) is 0 Å². The van der Waals surface area contributed by atoms with Crippen molar-refractivity contribution in [2.75, 3.05) is 6.16 Å². The van der Waals surface area contributed by atoms with Gasteiger partial charge in [0.05, 0.1) is 6.10 Å². The van der Waals surface area contributed by atoms with Crippen LogP contribution in [0.3, 0.4) is 0 Å². The van der Waals surface area contributed by atoms with Crippen LogP contribution in [0.15, 0.2) is 0 Å². The van der Waals surface area contributed by atoms with Crippen molar-refractivity contribution in [1.82, 2.24) is 0 Å². The Balaban J connectivity index is 3.26. The highest BCUT2D eigenvalue weighted by Gasteiger charge is 2.26. The van der Waals surface area contributed by atoms with Crippen molar-refractivity contribution in [1.29, 1.82) is 0 Å². The average molecular weight is 317 g/mol. The smallest absolute Gasteiger partial charge is 0.344 e. The van der Waals surface area contributed by atoms with Crippen LogP contribution in [0, 0.1) is 0 Å². The van der Waals surface area contributed by atoms with Gasteiger partial charge in [0.2, 0.25) is 0 Å². The van der Waals surface area contributed by atoms with Gasteiger partial charge in [-0.2, -0.15) is 0 Å². The predicted molar refractivity (Wildman–Crippen MR) is 94.7 cm³/mol. The molecule has 3 atom stereocenters. The van der Waals surface area contributed by atoms with Crippen LogP contribution in [-0.2, 0) is 4.57 Å². The van der Waals surface area contributed by atoms with Crippen LogP contribution in [0.4, 0.5) is 0 Å². The lowest BCUT2D eigenvalue weighted by atomic mass is 10.0. The number of unbranched alkanes of at least 4 members (excludes halogenated alkanes) is 10. The molecular weight excluding hydrogens is 279 g/mol. The Labute approximate surface area is 133 Å². The highest BCUT2D eigenvalue weighted by Crippen LogP contribution is 2.32. The van der Waals surface area contributed by atoms with Crippen molar-refractivity contribution < 1.29 is 9.67 Å². The summed E-state index contributed by atoms with van der Waals surface area (Å²) in [6.07, 6.45) is 16.0. The van der Waals surface area contributed by atoms with Gasteiger partial charge in [-0.05, 0) is 26.7 Å². The maximum atomic E-state index is 11.9. The number of hydrogen-bond acceptors (Lipinski definition) is 2. The van der Waals surface area contributed by atoms with Crippen LogP contribution in [-0.4, -0.2) is 23.0 Å². The maximum Gasteiger partial charge on any atom is 0.344 e. The third-order valence-electron chi connectivity index (χ3n) is 4.16. The van der Waals surface area contributed by atoms with Crippen molar-refractivity contribution in [2.24, 2.45) is 0 Å². The number of rotatable bonds is 15. The minimum atomic E-state index is -1.22. The quantitative estimate of drug-likeness (QED) is 0.285. The van der Waals surface area contributed by atoms with Gasteiger partial charge in [0.1, 0.15) is 0 Å². The van der Waals surface area contributed by atoms with Gasteiger partial charge in [-0.25, -0.2) is 0 Å². The molecule has 0 aromatic heterocycles. The van der Waals surface area contributed by atoms with Gasteiger partial charge in [-0.15, -0.1) is 0 Å². The molecule has 0 spiro atoms. The summed E-state index contributed by atoms with van der Waals surface area (Å²) in [5.41, 5.74) is 0.271. The van der Waals surface area contributed by atoms with E-state index in [0.717, 1.165) is 6.42 Å². The molecule has 0 aliphatic rings. The molecule has 126 valence electrons. The van der Waals surface area contributed by atoms with Gasteiger partial charge >= 0.3 is 7.80 Å². The van der Waals surface area contributed by atoms with Crippen molar-refractivity contribution in [3.63, 3.8) is 0 Å². The van der Waals surface area contributed by atoms with Gasteiger partial charge < -0.3 is 5.11 Å². The topological polar surface area (TPSA) is 37.3 Å². The number of aliphatic hydroxyl groups is 1. The first-order valence-electron chi connectivity index (χ1n) is 9.19. The molecule has 0 aliphatic carbocycles. The molecule has 0 saturated carbocycles. The fraction of sp³-hybridized carbons (Fsp3) is 1.00. The standard InChI is InChI=1S/C18H38O2P/c1-4-5-6-7-8-9-10-11-12-13-14-15-18(3)21(20)16-17(2)19/h17-19H,4-16H2,1-3H3/q+1. The Morgan fingerprint density at radius 3 is 1.67 bits per heavy atom. The Morgan fingerprint density at radius 2 is 1.24 bits per heavy atom. The first kappa shape index (κ1) is 21.1. The highest BCUT2D eigenvalue weighted by molar-refractivity contribution is 7.45. The third-order valence-corrected chi connectivity index (χ3v) is 6.29. The van der Waals surface area contributed by atoms with Crippen LogP contribution in [0.25, 0.3) is 0 Å². The molecule has 0 amide bonds. The molecule has 3 heteroatoms. The summed E-state index contributed by atoms with van der Waals surface area (Å²) in [7, 11) is -1.22. The van der Waals surface area contributed by atoms with E-state index in [0.29, 0.717) is 6.16 Å². The first-order chi connectivity index (χ1) is 10.1. The van der Waals surface area contributed by atoms with E-state index in [1.165, 1.54) is 70.6 Å². The zero-order valence-electron chi connectivity index (χ0n) is 14.6. The average Bonchev–Trinajstić information content (AvgIpc) is 2.43. The fourth-order valence-corrected chi connectivity index (χ4v) is 4.04. The molecule has 0 rings (SSSR count). The Kier molecular flexibility index (Phi) is 15.0. The predicted octanol–water partition coefficient (Wildman–Crippen LogP) is 6.28. The summed E-state index contributed by atoms with van der Waals surface area (Å²) in [5, 5.41) is 9.25. The number of aliphatic hydroxyl groups excluding tert-OH is 1. The molecule has 0 radical (unpaired) electrons. The Morgan fingerprint density at radius 1 is 0.810 bits per heavy atom. The molecule has 0 aromatic carbocycles. The van der Waals surface area contributed by atoms with Crippen LogP contribution in [0.1, 0.15) is 97.8 Å². The SMILES string of the molecule is CCCCCCCCCCCCCC(C)[P+](=O)CC(C)O. The molecule has 0 fully saturated rings. The van der Waals surface area contributed by atoms with Crippen molar-refractivity contribution in [2.45, 2.75) is 110 Å². The van der Waals surface area contributed by atoms with Gasteiger partial charge in [-0.1, -0.05) is 75.7 Å². The minimum Gasteiger partial charge on any atom is -0.389 e. The fourth-order valence-electron chi connectivity index (χ4n) is 2.69. The van der Waals surface area contributed by atoms with E-state index in [1.807, 2.05) is 0 Å². The van der Waals surface area contributed by atoms with Crippen LogP contribution in [0.5, 0.6) is 0 Å². The summed E-state index contributed by atoms with van der Waals surface area (Å²) < 4.78 is 11.9. The van der Waals surface area contributed by atoms with E-state index < -0.39 is 13.9 Å². The zero-order valence-corrected chi connectivity index (χ0v) is 15.5. The molecule has 21 heavy (non-hydrogen) atoms. The van der Waals surface area contributed by atoms with Gasteiger partial charge in [0.25, 0.3) is 0 Å². The summed E-state index contributed by atoms with van der Waals surface area (Å²) in [6, 6.07) is 0. The zero-order chi connectivity index (χ0) is 15.9. The van der Waals surface area contributed by atoms with E-state index in [-0.39, 0.29) is 5.66 Å². The second-order valence-electron chi connectivity index (χ2n) is 6.62. The van der Waals surface area contributed by atoms with Crippen molar-refractivity contribution in [3.05, 3.63) is 0 Å². The van der Waals surface area contributed by atoms with Crippen LogP contribution in [0.2, 0.25) is 0 Å². The summed E-state index contributed by atoms with van der Waals surface area (Å²) in [6.45, 7) is 6.06. The molecule has 0 aromatic rings. The summed E-state index contributed by atoms with van der Waals surface area (Å²) in [4.78, 5) is 0. The van der Waals surface area contributed by atoms with Crippen LogP contribution >= 0.6 is 7.80 Å². The van der Waals surface area contributed by atoms with E-state index in [4.69, 9.17) is 0 Å². The highest BCUT2D eigenvalue weighted by atomic mass is 31.1. The molecule has 1 N–H and O–H groups in total. The normalized spacial score (nSPS) is 15.0. The summed E-state index contributed by atoms with van der Waals surface area (Å²) in [5.74, 6) is 0. The second kappa shape index (κ2) is 15.0. The lowest BCUT2D eigenvalue weighted by molar-refractivity contribution is 0.218. The molecule has 3 unspecified atom stereocenters. The van der Waals surface area contributed by atoms with Crippen molar-refractivity contribution >= 4 is 7.80 Å². The first-order valence-corrected chi connectivity index (χ1v) is 10.7. The molecule has 2 nitrogen and oxygen atoms in total. The molecule has 0 saturated heterocycles.